The average Bonchev–Trinajstić information content (AvgIpc) is 3.61. The molecule has 0 saturated heterocycles. The second kappa shape index (κ2) is 14.7. The number of carboxylic acid groups (broad SMARTS) is 1. The van der Waals surface area contributed by atoms with Gasteiger partial charge >= 0.3 is 5.97 Å². The van der Waals surface area contributed by atoms with Crippen molar-refractivity contribution in [2.45, 2.75) is 43.4 Å². The lowest BCUT2D eigenvalue weighted by molar-refractivity contribution is -0.142. The van der Waals surface area contributed by atoms with Crippen LogP contribution in [0.25, 0.3) is 21.8 Å². The van der Waals surface area contributed by atoms with Gasteiger partial charge in [0.1, 0.15) is 18.1 Å². The maximum atomic E-state index is 13.4. The number of hydrogen-bond donors (Lipinski definition) is 8. The zero-order valence-electron chi connectivity index (χ0n) is 23.6. The first kappa shape index (κ1) is 31.6. The number of carbonyl (C=O) groups is 4. The largest absolute Gasteiger partial charge is 0.480 e. The minimum Gasteiger partial charge on any atom is -0.480 e. The molecule has 4 unspecified atom stereocenters. The highest BCUT2D eigenvalue weighted by molar-refractivity contribution is 7.98. The molecule has 43 heavy (non-hydrogen) atoms. The molecule has 12 nitrogen and oxygen atoms in total. The van der Waals surface area contributed by atoms with Gasteiger partial charge in [0, 0.05) is 40.6 Å². The second-order valence-electron chi connectivity index (χ2n) is 10.2. The molecule has 4 rings (SSSR count). The summed E-state index contributed by atoms with van der Waals surface area (Å²) in [6, 6.07) is 10.2. The van der Waals surface area contributed by atoms with E-state index in [-0.39, 0.29) is 19.3 Å². The molecule has 3 amide bonds. The monoisotopic (exact) mass is 608 g/mol. The number of amides is 3. The SMILES string of the molecule is CSCCC(NC(=O)C(Cc1c[nH]c2ccccc12)NC(=O)C(CO)NC(=O)C(N)Cc1c[nH]c2ccccc12)C(=O)O. The van der Waals surface area contributed by atoms with Crippen LogP contribution in [0.4, 0.5) is 0 Å². The Labute approximate surface area is 252 Å². The molecule has 0 bridgehead atoms. The quantitative estimate of drug-likeness (QED) is 0.0978. The molecule has 0 spiro atoms. The lowest BCUT2D eigenvalue weighted by Gasteiger charge is -2.24. The number of nitrogens with one attached hydrogen (secondary N) is 5. The van der Waals surface area contributed by atoms with Crippen LogP contribution >= 0.6 is 11.8 Å². The number of nitrogens with two attached hydrogens (primary N) is 1. The molecule has 2 heterocycles. The van der Waals surface area contributed by atoms with Crippen molar-refractivity contribution >= 4 is 57.3 Å². The van der Waals surface area contributed by atoms with Crippen molar-refractivity contribution in [3.63, 3.8) is 0 Å². The maximum absolute atomic E-state index is 13.4. The molecule has 0 radical (unpaired) electrons. The van der Waals surface area contributed by atoms with E-state index in [0.717, 1.165) is 32.9 Å². The fourth-order valence-corrected chi connectivity index (χ4v) is 5.34. The lowest BCUT2D eigenvalue weighted by Crippen LogP contribution is -2.58. The minimum absolute atomic E-state index is 0.0304. The van der Waals surface area contributed by atoms with Crippen LogP contribution in [0, 0.1) is 0 Å². The standard InChI is InChI=1S/C30H36N6O6S/c1-43-11-10-24(30(41)42)34-28(39)25(13-18-15-33-23-9-5-3-7-20(18)23)35-29(40)26(16-37)36-27(38)21(31)12-17-14-32-22-8-4-2-6-19(17)22/h2-9,14-15,21,24-26,32-33,37H,10-13,16,31H2,1H3,(H,34,39)(H,35,40)(H,36,38)(H,41,42). The molecule has 0 aliphatic rings. The fourth-order valence-electron chi connectivity index (χ4n) is 4.87. The van der Waals surface area contributed by atoms with Crippen LogP contribution in [0.1, 0.15) is 17.5 Å². The summed E-state index contributed by atoms with van der Waals surface area (Å²) in [5, 5.41) is 29.0. The number of aromatic amines is 2. The van der Waals surface area contributed by atoms with Crippen LogP contribution < -0.4 is 21.7 Å². The van der Waals surface area contributed by atoms with Gasteiger partial charge in [0.05, 0.1) is 12.6 Å². The number of para-hydroxylation sites is 2. The van der Waals surface area contributed by atoms with Gasteiger partial charge in [-0.3, -0.25) is 14.4 Å². The van der Waals surface area contributed by atoms with Crippen molar-refractivity contribution in [1.82, 2.24) is 25.9 Å². The fraction of sp³-hybridized carbons (Fsp3) is 0.333. The number of thioether (sulfide) groups is 1. The first-order valence-electron chi connectivity index (χ1n) is 13.8. The summed E-state index contributed by atoms with van der Waals surface area (Å²) in [6.45, 7) is -0.746. The Morgan fingerprint density at radius 3 is 1.86 bits per heavy atom. The van der Waals surface area contributed by atoms with Crippen LogP contribution in [0.2, 0.25) is 0 Å². The van der Waals surface area contributed by atoms with E-state index >= 15 is 0 Å². The molecule has 2 aromatic heterocycles. The molecule has 0 aliphatic carbocycles. The highest BCUT2D eigenvalue weighted by atomic mass is 32.2. The summed E-state index contributed by atoms with van der Waals surface area (Å²) < 4.78 is 0. The number of aliphatic hydroxyl groups excluding tert-OH is 1. The molecule has 2 aromatic carbocycles. The zero-order valence-corrected chi connectivity index (χ0v) is 24.4. The van der Waals surface area contributed by atoms with Gasteiger partial charge in [-0.05, 0) is 48.1 Å². The van der Waals surface area contributed by atoms with E-state index in [0.29, 0.717) is 5.75 Å². The lowest BCUT2D eigenvalue weighted by atomic mass is 10.0. The average molecular weight is 609 g/mol. The van der Waals surface area contributed by atoms with Gasteiger partial charge in [-0.1, -0.05) is 36.4 Å². The molecule has 0 fully saturated rings. The molecule has 9 N–H and O–H groups in total. The Hall–Kier alpha value is -4.33. The molecule has 4 aromatic rings. The minimum atomic E-state index is -1.40. The number of H-pyrrole nitrogens is 2. The van der Waals surface area contributed by atoms with Crippen LogP contribution in [-0.4, -0.2) is 86.7 Å². The number of hydrogen-bond acceptors (Lipinski definition) is 7. The van der Waals surface area contributed by atoms with Crippen molar-refractivity contribution in [2.24, 2.45) is 5.73 Å². The molecule has 13 heteroatoms. The van der Waals surface area contributed by atoms with Gasteiger partial charge in [0.25, 0.3) is 0 Å². The van der Waals surface area contributed by atoms with Gasteiger partial charge in [-0.25, -0.2) is 4.79 Å². The van der Waals surface area contributed by atoms with Crippen molar-refractivity contribution in [2.75, 3.05) is 18.6 Å². The summed E-state index contributed by atoms with van der Waals surface area (Å²) >= 11 is 1.45. The van der Waals surface area contributed by atoms with Crippen molar-refractivity contribution in [3.05, 3.63) is 72.1 Å². The number of benzene rings is 2. The van der Waals surface area contributed by atoms with Crippen LogP contribution in [0.3, 0.4) is 0 Å². The number of aliphatic carboxylic acids is 1. The van der Waals surface area contributed by atoms with Gasteiger partial charge in [-0.15, -0.1) is 0 Å². The Morgan fingerprint density at radius 1 is 0.791 bits per heavy atom. The number of fused-ring (bicyclic) bond motifs is 2. The number of aliphatic hydroxyl groups is 1. The summed E-state index contributed by atoms with van der Waals surface area (Å²) in [6.07, 6.45) is 5.73. The van der Waals surface area contributed by atoms with E-state index in [1.807, 2.05) is 54.8 Å². The van der Waals surface area contributed by atoms with Gasteiger partial charge in [-0.2, -0.15) is 11.8 Å². The first-order chi connectivity index (χ1) is 20.7. The number of aromatic nitrogens is 2. The molecular formula is C30H36N6O6S. The predicted molar refractivity (Wildman–Crippen MR) is 165 cm³/mol. The number of carbonyl (C=O) groups excluding carboxylic acids is 3. The van der Waals surface area contributed by atoms with E-state index < -0.39 is 54.5 Å². The summed E-state index contributed by atoms with van der Waals surface area (Å²) in [5.74, 6) is -2.85. The molecule has 0 aliphatic heterocycles. The van der Waals surface area contributed by atoms with E-state index in [9.17, 15) is 29.4 Å². The Bertz CT molecular complexity index is 1590. The maximum Gasteiger partial charge on any atom is 0.326 e. The van der Waals surface area contributed by atoms with Gasteiger partial charge < -0.3 is 41.9 Å². The summed E-state index contributed by atoms with van der Waals surface area (Å²) in [4.78, 5) is 57.6. The van der Waals surface area contributed by atoms with Crippen molar-refractivity contribution in [1.29, 1.82) is 0 Å². The second-order valence-corrected chi connectivity index (χ2v) is 11.2. The third-order valence-electron chi connectivity index (χ3n) is 7.22. The highest BCUT2D eigenvalue weighted by Gasteiger charge is 2.31. The van der Waals surface area contributed by atoms with E-state index in [1.165, 1.54) is 11.8 Å². The highest BCUT2D eigenvalue weighted by Crippen LogP contribution is 2.20. The molecule has 4 atom stereocenters. The van der Waals surface area contributed by atoms with Gasteiger partial charge in [0.15, 0.2) is 0 Å². The Balaban J connectivity index is 1.47. The molecule has 0 saturated carbocycles. The topological polar surface area (TPSA) is 202 Å². The van der Waals surface area contributed by atoms with E-state index in [2.05, 4.69) is 25.9 Å². The zero-order chi connectivity index (χ0) is 30.9. The third kappa shape index (κ3) is 7.95. The van der Waals surface area contributed by atoms with Gasteiger partial charge in [0.2, 0.25) is 17.7 Å². The van der Waals surface area contributed by atoms with E-state index in [4.69, 9.17) is 5.73 Å². The summed E-state index contributed by atoms with van der Waals surface area (Å²) in [5.41, 5.74) is 9.43. The van der Waals surface area contributed by atoms with Crippen LogP contribution in [0.15, 0.2) is 60.9 Å². The third-order valence-corrected chi connectivity index (χ3v) is 7.87. The Morgan fingerprint density at radius 2 is 1.30 bits per heavy atom. The van der Waals surface area contributed by atoms with Crippen LogP contribution in [-0.2, 0) is 32.0 Å². The van der Waals surface area contributed by atoms with Crippen LogP contribution in [0.5, 0.6) is 0 Å². The predicted octanol–water partition coefficient (Wildman–Crippen LogP) is 1.05. The molecular weight excluding hydrogens is 572 g/mol. The van der Waals surface area contributed by atoms with Crippen molar-refractivity contribution < 1.29 is 29.4 Å². The Kier molecular flexibility index (Phi) is 10.8. The summed E-state index contributed by atoms with van der Waals surface area (Å²) in [7, 11) is 0. The first-order valence-corrected chi connectivity index (χ1v) is 15.2. The number of carboxylic acids is 1. The number of rotatable bonds is 15. The normalized spacial score (nSPS) is 14.1. The smallest absolute Gasteiger partial charge is 0.326 e. The molecule has 228 valence electrons. The van der Waals surface area contributed by atoms with E-state index in [1.54, 1.807) is 12.4 Å². The van der Waals surface area contributed by atoms with Crippen molar-refractivity contribution in [3.8, 4) is 0 Å².